The number of aromatic nitrogens is 2. The molecule has 2 fully saturated rings. The Bertz CT molecular complexity index is 1700. The molecule has 9 heteroatoms. The molecule has 6 rings (SSSR count). The van der Waals surface area contributed by atoms with Gasteiger partial charge in [-0.2, -0.15) is 0 Å². The fourth-order valence-corrected chi connectivity index (χ4v) is 8.76. The van der Waals surface area contributed by atoms with E-state index in [1.807, 2.05) is 18.2 Å². The zero-order valence-corrected chi connectivity index (χ0v) is 31.4. The van der Waals surface area contributed by atoms with Crippen LogP contribution in [0.5, 0.6) is 0 Å². The number of benzene rings is 2. The highest BCUT2D eigenvalue weighted by atomic mass is 35.5. The molecule has 0 saturated carbocycles. The Hall–Kier alpha value is -3.59. The summed E-state index contributed by atoms with van der Waals surface area (Å²) in [6, 6.07) is 17.0. The van der Waals surface area contributed by atoms with Crippen LogP contribution in [0.2, 0.25) is 5.02 Å². The number of rotatable bonds is 14. The Labute approximate surface area is 308 Å². The molecule has 2 aromatic heterocycles. The first-order chi connectivity index (χ1) is 24.6. The first-order valence-corrected chi connectivity index (χ1v) is 19.1. The number of Topliss-reactive ketones (excluding diaryl/α,β-unsaturated/α-hetero) is 2. The van der Waals surface area contributed by atoms with E-state index in [0.29, 0.717) is 19.3 Å². The Morgan fingerprint density at radius 3 is 2.04 bits per heavy atom. The van der Waals surface area contributed by atoms with E-state index in [9.17, 15) is 9.59 Å². The highest BCUT2D eigenvalue weighted by molar-refractivity contribution is 6.31. The van der Waals surface area contributed by atoms with Gasteiger partial charge in [0, 0.05) is 29.4 Å². The largest absolute Gasteiger partial charge is 0.442 e. The second-order valence-corrected chi connectivity index (χ2v) is 16.1. The third-order valence-corrected chi connectivity index (χ3v) is 12.1. The molecule has 4 heterocycles. The normalized spacial score (nSPS) is 18.8. The van der Waals surface area contributed by atoms with Crippen LogP contribution in [-0.4, -0.2) is 57.5 Å². The van der Waals surface area contributed by atoms with Crippen molar-refractivity contribution in [2.45, 2.75) is 91.1 Å². The standard InChI is InChI=1S/C42H53ClN4O4/c1-5-42(38(49)40-45-21-27-51-40,34-17-24-46(25-18-34)28-30-10-12-33(13-11-30)41(2,3)4)19-14-35(37(48)39-44-20-26-50-39)31-15-22-47(23-16-31)29-32-8-6-7-9-36(32)43/h6-13,20-21,26-27,31,34-35H,5,14-19,22-25,28-29H2,1-4H3. The average Bonchev–Trinajstić information content (AvgIpc) is 3.88. The first kappa shape index (κ1) is 37.2. The fourth-order valence-electron chi connectivity index (χ4n) is 8.57. The number of likely N-dealkylation sites (tertiary alicyclic amines) is 2. The third-order valence-electron chi connectivity index (χ3n) is 11.7. The highest BCUT2D eigenvalue weighted by Gasteiger charge is 2.48. The number of hydrogen-bond acceptors (Lipinski definition) is 8. The molecule has 2 aliphatic rings. The van der Waals surface area contributed by atoms with Crippen molar-refractivity contribution in [3.8, 4) is 0 Å². The van der Waals surface area contributed by atoms with E-state index in [4.69, 9.17) is 20.4 Å². The summed E-state index contributed by atoms with van der Waals surface area (Å²) in [5, 5.41) is 0.781. The van der Waals surface area contributed by atoms with Crippen molar-refractivity contribution in [2.24, 2.45) is 23.2 Å². The van der Waals surface area contributed by atoms with Crippen molar-refractivity contribution in [1.29, 1.82) is 0 Å². The summed E-state index contributed by atoms with van der Waals surface area (Å²) < 4.78 is 11.2. The molecule has 2 atom stereocenters. The molecule has 0 N–H and O–H groups in total. The molecule has 51 heavy (non-hydrogen) atoms. The highest BCUT2D eigenvalue weighted by Crippen LogP contribution is 2.47. The number of ketones is 2. The van der Waals surface area contributed by atoms with Gasteiger partial charge in [0.1, 0.15) is 12.5 Å². The summed E-state index contributed by atoms with van der Waals surface area (Å²) in [6.45, 7) is 14.1. The molecule has 272 valence electrons. The van der Waals surface area contributed by atoms with Crippen LogP contribution in [-0.2, 0) is 18.5 Å². The number of nitrogens with zero attached hydrogens (tertiary/aromatic N) is 4. The van der Waals surface area contributed by atoms with Crippen molar-refractivity contribution in [3.63, 3.8) is 0 Å². The number of halogens is 1. The molecule has 0 aliphatic carbocycles. The van der Waals surface area contributed by atoms with E-state index in [2.05, 4.69) is 77.8 Å². The van der Waals surface area contributed by atoms with E-state index in [1.165, 1.54) is 29.9 Å². The van der Waals surface area contributed by atoms with E-state index in [0.717, 1.165) is 75.5 Å². The second kappa shape index (κ2) is 16.4. The maximum absolute atomic E-state index is 14.5. The minimum atomic E-state index is -0.689. The quantitative estimate of drug-likeness (QED) is 0.120. The van der Waals surface area contributed by atoms with Crippen LogP contribution in [0.4, 0.5) is 0 Å². The van der Waals surface area contributed by atoms with Crippen LogP contribution in [0.25, 0.3) is 0 Å². The van der Waals surface area contributed by atoms with Gasteiger partial charge in [-0.15, -0.1) is 0 Å². The van der Waals surface area contributed by atoms with Gasteiger partial charge < -0.3 is 8.83 Å². The molecule has 2 aromatic carbocycles. The van der Waals surface area contributed by atoms with Gasteiger partial charge in [-0.1, -0.05) is 81.8 Å². The SMILES string of the molecule is CCC(CCC(C(=O)c1ncco1)C1CCN(Cc2ccccc2Cl)CC1)(C(=O)c1ncco1)C1CCN(Cc2ccc(C(C)(C)C)cc2)CC1. The molecule has 0 spiro atoms. The summed E-state index contributed by atoms with van der Waals surface area (Å²) in [5.74, 6) is 0.227. The van der Waals surface area contributed by atoms with Crippen molar-refractivity contribution in [2.75, 3.05) is 26.2 Å². The Kier molecular flexibility index (Phi) is 11.9. The third kappa shape index (κ3) is 8.73. The van der Waals surface area contributed by atoms with Gasteiger partial charge in [-0.3, -0.25) is 19.4 Å². The minimum absolute atomic E-state index is 0.0388. The number of oxazole rings is 2. The van der Waals surface area contributed by atoms with Crippen LogP contribution in [0.15, 0.2) is 82.3 Å². The molecular formula is C42H53ClN4O4. The maximum atomic E-state index is 14.5. The molecule has 0 amide bonds. The zero-order chi connectivity index (χ0) is 36.0. The molecule has 2 aliphatic heterocycles. The Morgan fingerprint density at radius 1 is 0.843 bits per heavy atom. The van der Waals surface area contributed by atoms with Gasteiger partial charge in [-0.05, 0) is 111 Å². The molecule has 2 saturated heterocycles. The van der Waals surface area contributed by atoms with E-state index in [-0.39, 0.29) is 46.5 Å². The summed E-state index contributed by atoms with van der Waals surface area (Å²) in [5.41, 5.74) is 3.20. The van der Waals surface area contributed by atoms with E-state index in [1.54, 1.807) is 6.20 Å². The van der Waals surface area contributed by atoms with Crippen LogP contribution >= 0.6 is 11.6 Å². The van der Waals surface area contributed by atoms with Crippen molar-refractivity contribution in [3.05, 3.63) is 107 Å². The number of hydrogen-bond donors (Lipinski definition) is 0. The lowest BCUT2D eigenvalue weighted by molar-refractivity contribution is 0.0330. The van der Waals surface area contributed by atoms with Crippen molar-refractivity contribution >= 4 is 23.2 Å². The minimum Gasteiger partial charge on any atom is -0.442 e. The Morgan fingerprint density at radius 2 is 1.45 bits per heavy atom. The maximum Gasteiger partial charge on any atom is 0.263 e. The van der Waals surface area contributed by atoms with Gasteiger partial charge in [0.25, 0.3) is 11.8 Å². The fraction of sp³-hybridized carbons (Fsp3) is 0.524. The molecule has 0 bridgehead atoms. The van der Waals surface area contributed by atoms with Gasteiger partial charge in [0.15, 0.2) is 0 Å². The zero-order valence-electron chi connectivity index (χ0n) is 30.7. The Balaban J connectivity index is 1.17. The number of piperidine rings is 2. The van der Waals surface area contributed by atoms with Gasteiger partial charge >= 0.3 is 0 Å². The molecule has 4 aromatic rings. The predicted molar refractivity (Wildman–Crippen MR) is 200 cm³/mol. The van der Waals surface area contributed by atoms with Crippen molar-refractivity contribution < 1.29 is 18.4 Å². The van der Waals surface area contributed by atoms with Gasteiger partial charge in [0.05, 0.1) is 12.4 Å². The molecule has 8 nitrogen and oxygen atoms in total. The number of carbonyl (C=O) groups is 2. The average molecular weight is 713 g/mol. The summed E-state index contributed by atoms with van der Waals surface area (Å²) in [6.07, 6.45) is 11.4. The van der Waals surface area contributed by atoms with Crippen molar-refractivity contribution in [1.82, 2.24) is 19.8 Å². The van der Waals surface area contributed by atoms with Gasteiger partial charge in [-0.25, -0.2) is 9.97 Å². The summed E-state index contributed by atoms with van der Waals surface area (Å²) in [7, 11) is 0. The van der Waals surface area contributed by atoms with E-state index >= 15 is 0 Å². The van der Waals surface area contributed by atoms with Crippen LogP contribution < -0.4 is 0 Å². The smallest absolute Gasteiger partial charge is 0.263 e. The lowest BCUT2D eigenvalue weighted by Gasteiger charge is -2.44. The predicted octanol–water partition coefficient (Wildman–Crippen LogP) is 9.30. The summed E-state index contributed by atoms with van der Waals surface area (Å²) in [4.78, 5) is 42.1. The molecule has 2 unspecified atom stereocenters. The van der Waals surface area contributed by atoms with Crippen LogP contribution in [0, 0.1) is 23.2 Å². The lowest BCUT2D eigenvalue weighted by Crippen LogP contribution is -2.46. The van der Waals surface area contributed by atoms with Gasteiger partial charge in [0.2, 0.25) is 11.6 Å². The monoisotopic (exact) mass is 712 g/mol. The first-order valence-electron chi connectivity index (χ1n) is 18.7. The second-order valence-electron chi connectivity index (χ2n) is 15.7. The lowest BCUT2D eigenvalue weighted by atomic mass is 9.62. The molecule has 0 radical (unpaired) electrons. The van der Waals surface area contributed by atoms with Crippen LogP contribution in [0.1, 0.15) is 111 Å². The summed E-state index contributed by atoms with van der Waals surface area (Å²) >= 11 is 6.48. The number of carbonyl (C=O) groups excluding carboxylic acids is 2. The topological polar surface area (TPSA) is 92.7 Å². The van der Waals surface area contributed by atoms with E-state index < -0.39 is 5.41 Å². The van der Waals surface area contributed by atoms with Crippen LogP contribution in [0.3, 0.4) is 0 Å². The molecular weight excluding hydrogens is 660 g/mol.